The van der Waals surface area contributed by atoms with E-state index in [1.54, 1.807) is 4.80 Å². The van der Waals surface area contributed by atoms with Crippen LogP contribution in [0.3, 0.4) is 0 Å². The van der Waals surface area contributed by atoms with Crippen LogP contribution in [-0.4, -0.2) is 21.5 Å². The number of rotatable bonds is 8. The van der Waals surface area contributed by atoms with Gasteiger partial charge in [0.05, 0.1) is 6.54 Å². The zero-order valence-corrected chi connectivity index (χ0v) is 17.1. The summed E-state index contributed by atoms with van der Waals surface area (Å²) in [4.78, 5) is 1.68. The molecule has 6 heteroatoms. The van der Waals surface area contributed by atoms with E-state index in [2.05, 4.69) is 31.3 Å². The predicted molar refractivity (Wildman–Crippen MR) is 112 cm³/mol. The van der Waals surface area contributed by atoms with Gasteiger partial charge in [-0.05, 0) is 31.0 Å². The second-order valence-electron chi connectivity index (χ2n) is 6.95. The number of hydrogen-bond donors (Lipinski definition) is 1. The number of aromatic nitrogens is 3. The summed E-state index contributed by atoms with van der Waals surface area (Å²) in [5.74, 6) is 0.671. The van der Waals surface area contributed by atoms with Gasteiger partial charge in [-0.3, -0.25) is 0 Å². The van der Waals surface area contributed by atoms with Crippen molar-refractivity contribution in [2.45, 2.75) is 33.4 Å². The van der Waals surface area contributed by atoms with Crippen molar-refractivity contribution in [1.82, 2.24) is 20.3 Å². The molecule has 0 bridgehead atoms. The Balaban J connectivity index is 1.85. The topological polar surface area (TPSA) is 42.7 Å². The van der Waals surface area contributed by atoms with Crippen LogP contribution in [-0.2, 0) is 13.1 Å². The van der Waals surface area contributed by atoms with E-state index in [1.165, 1.54) is 0 Å². The Morgan fingerprint density at radius 2 is 1.67 bits per heavy atom. The molecule has 3 aromatic rings. The maximum atomic E-state index is 6.31. The minimum atomic E-state index is 0.435. The highest BCUT2D eigenvalue weighted by Crippen LogP contribution is 2.26. The lowest BCUT2D eigenvalue weighted by molar-refractivity contribution is 0.529. The van der Waals surface area contributed by atoms with Crippen LogP contribution >= 0.6 is 23.2 Å². The van der Waals surface area contributed by atoms with Gasteiger partial charge >= 0.3 is 0 Å². The Bertz CT molecular complexity index is 855. The highest BCUT2D eigenvalue weighted by molar-refractivity contribution is 6.35. The highest BCUT2D eigenvalue weighted by atomic mass is 35.5. The SMILES string of the molecule is CC(C)CCNCc1nn(Cc2c(Cl)cccc2Cl)nc1-c1ccccc1. The number of nitrogens with one attached hydrogen (secondary N) is 1. The first-order valence-corrected chi connectivity index (χ1v) is 9.93. The maximum absolute atomic E-state index is 6.31. The standard InChI is InChI=1S/C21H24Cl2N4/c1-15(2)11-12-24-13-20-21(16-7-4-3-5-8-16)26-27(25-20)14-17-18(22)9-6-10-19(17)23/h3-10,15,24H,11-14H2,1-2H3. The van der Waals surface area contributed by atoms with Crippen LogP contribution in [0.1, 0.15) is 31.5 Å². The monoisotopic (exact) mass is 402 g/mol. The maximum Gasteiger partial charge on any atom is 0.117 e. The Kier molecular flexibility index (Phi) is 6.89. The molecule has 1 heterocycles. The third-order valence-electron chi connectivity index (χ3n) is 4.32. The molecule has 0 radical (unpaired) electrons. The van der Waals surface area contributed by atoms with Crippen molar-refractivity contribution in [3.05, 3.63) is 69.8 Å². The van der Waals surface area contributed by atoms with Crippen molar-refractivity contribution in [1.29, 1.82) is 0 Å². The average molecular weight is 403 g/mol. The van der Waals surface area contributed by atoms with Gasteiger partial charge in [0.1, 0.15) is 11.4 Å². The molecule has 142 valence electrons. The van der Waals surface area contributed by atoms with Crippen LogP contribution < -0.4 is 5.32 Å². The molecule has 0 saturated heterocycles. The van der Waals surface area contributed by atoms with Crippen molar-refractivity contribution in [3.63, 3.8) is 0 Å². The van der Waals surface area contributed by atoms with Gasteiger partial charge in [0, 0.05) is 27.7 Å². The van der Waals surface area contributed by atoms with Crippen LogP contribution in [0, 0.1) is 5.92 Å². The zero-order chi connectivity index (χ0) is 19.2. The molecule has 0 atom stereocenters. The lowest BCUT2D eigenvalue weighted by atomic mass is 10.1. The van der Waals surface area contributed by atoms with Gasteiger partial charge in [0.15, 0.2) is 0 Å². The van der Waals surface area contributed by atoms with Gasteiger partial charge in [0.2, 0.25) is 0 Å². The molecule has 1 N–H and O–H groups in total. The summed E-state index contributed by atoms with van der Waals surface area (Å²) in [5.41, 5.74) is 3.69. The Labute approximate surface area is 170 Å². The molecule has 0 spiro atoms. The van der Waals surface area contributed by atoms with E-state index in [9.17, 15) is 0 Å². The van der Waals surface area contributed by atoms with Gasteiger partial charge in [-0.15, -0.1) is 0 Å². The average Bonchev–Trinajstić information content (AvgIpc) is 3.05. The lowest BCUT2D eigenvalue weighted by Crippen LogP contribution is -2.17. The molecule has 0 saturated carbocycles. The summed E-state index contributed by atoms with van der Waals surface area (Å²) in [5, 5.41) is 14.1. The minimum Gasteiger partial charge on any atom is -0.311 e. The smallest absolute Gasteiger partial charge is 0.117 e. The first kappa shape index (κ1) is 19.9. The third-order valence-corrected chi connectivity index (χ3v) is 5.03. The highest BCUT2D eigenvalue weighted by Gasteiger charge is 2.15. The van der Waals surface area contributed by atoms with E-state index in [-0.39, 0.29) is 0 Å². The number of nitrogens with zero attached hydrogens (tertiary/aromatic N) is 3. The van der Waals surface area contributed by atoms with Crippen molar-refractivity contribution in [2.24, 2.45) is 5.92 Å². The van der Waals surface area contributed by atoms with Crippen LogP contribution in [0.15, 0.2) is 48.5 Å². The first-order chi connectivity index (χ1) is 13.0. The fraction of sp³-hybridized carbons (Fsp3) is 0.333. The molecule has 2 aromatic carbocycles. The van der Waals surface area contributed by atoms with Gasteiger partial charge in [-0.2, -0.15) is 15.0 Å². The predicted octanol–water partition coefficient (Wildman–Crippen LogP) is 5.44. The van der Waals surface area contributed by atoms with Gasteiger partial charge < -0.3 is 5.32 Å². The van der Waals surface area contributed by atoms with Gasteiger partial charge in [-0.1, -0.05) is 73.4 Å². The lowest BCUT2D eigenvalue weighted by Gasteiger charge is -2.06. The van der Waals surface area contributed by atoms with E-state index in [1.807, 2.05) is 36.4 Å². The van der Waals surface area contributed by atoms with Gasteiger partial charge in [0.25, 0.3) is 0 Å². The molecular weight excluding hydrogens is 379 g/mol. The molecule has 3 rings (SSSR count). The van der Waals surface area contributed by atoms with Crippen LogP contribution in [0.4, 0.5) is 0 Å². The molecule has 0 aliphatic rings. The molecule has 0 aliphatic heterocycles. The summed E-state index contributed by atoms with van der Waals surface area (Å²) in [7, 11) is 0. The molecule has 0 unspecified atom stereocenters. The Hall–Kier alpha value is -1.88. The van der Waals surface area contributed by atoms with E-state index in [0.717, 1.165) is 35.5 Å². The number of halogens is 2. The molecule has 27 heavy (non-hydrogen) atoms. The van der Waals surface area contributed by atoms with Gasteiger partial charge in [-0.25, -0.2) is 0 Å². The molecule has 0 amide bonds. The number of benzene rings is 2. The normalized spacial score (nSPS) is 11.3. The summed E-state index contributed by atoms with van der Waals surface area (Å²) in [6.45, 7) is 6.51. The third kappa shape index (κ3) is 5.32. The van der Waals surface area contributed by atoms with E-state index in [0.29, 0.717) is 29.1 Å². The zero-order valence-electron chi connectivity index (χ0n) is 15.6. The fourth-order valence-electron chi connectivity index (χ4n) is 2.81. The van der Waals surface area contributed by atoms with Crippen LogP contribution in [0.5, 0.6) is 0 Å². The van der Waals surface area contributed by atoms with E-state index in [4.69, 9.17) is 33.4 Å². The second kappa shape index (κ2) is 9.36. The van der Waals surface area contributed by atoms with Crippen molar-refractivity contribution < 1.29 is 0 Å². The van der Waals surface area contributed by atoms with Crippen molar-refractivity contribution >= 4 is 23.2 Å². The Morgan fingerprint density at radius 3 is 2.33 bits per heavy atom. The largest absolute Gasteiger partial charge is 0.311 e. The van der Waals surface area contributed by atoms with Crippen molar-refractivity contribution in [3.8, 4) is 11.3 Å². The first-order valence-electron chi connectivity index (χ1n) is 9.17. The minimum absolute atomic E-state index is 0.435. The molecule has 0 aliphatic carbocycles. The summed E-state index contributed by atoms with van der Waals surface area (Å²) >= 11 is 12.6. The quantitative estimate of drug-likeness (QED) is 0.510. The molecular formula is C21H24Cl2N4. The second-order valence-corrected chi connectivity index (χ2v) is 7.77. The molecule has 4 nitrogen and oxygen atoms in total. The van der Waals surface area contributed by atoms with Crippen molar-refractivity contribution in [2.75, 3.05) is 6.54 Å². The fourth-order valence-corrected chi connectivity index (χ4v) is 3.33. The molecule has 0 fully saturated rings. The Morgan fingerprint density at radius 1 is 0.963 bits per heavy atom. The van der Waals surface area contributed by atoms with E-state index >= 15 is 0 Å². The summed E-state index contributed by atoms with van der Waals surface area (Å²) < 4.78 is 0. The number of hydrogen-bond acceptors (Lipinski definition) is 3. The summed E-state index contributed by atoms with van der Waals surface area (Å²) in [6, 6.07) is 15.6. The van der Waals surface area contributed by atoms with Crippen LogP contribution in [0.2, 0.25) is 10.0 Å². The summed E-state index contributed by atoms with van der Waals surface area (Å²) in [6.07, 6.45) is 1.13. The molecule has 1 aromatic heterocycles. The van der Waals surface area contributed by atoms with Crippen LogP contribution in [0.25, 0.3) is 11.3 Å². The van der Waals surface area contributed by atoms with E-state index < -0.39 is 0 Å².